The van der Waals surface area contributed by atoms with Crippen molar-refractivity contribution in [3.8, 4) is 5.75 Å². The minimum absolute atomic E-state index is 0.0373. The minimum Gasteiger partial charge on any atom is -0.487 e. The van der Waals surface area contributed by atoms with Gasteiger partial charge in [-0.25, -0.2) is 0 Å². The number of esters is 1. The van der Waals surface area contributed by atoms with Gasteiger partial charge in [0, 0.05) is 25.4 Å². The molecule has 0 radical (unpaired) electrons. The lowest BCUT2D eigenvalue weighted by molar-refractivity contribution is -0.146. The molecule has 4 nitrogen and oxygen atoms in total. The number of nitrogens with one attached hydrogen (secondary N) is 1. The number of carbonyl (C=O) groups excluding carboxylic acids is 1. The molecule has 2 aliphatic carbocycles. The Morgan fingerprint density at radius 2 is 1.79 bits per heavy atom. The molecule has 0 bridgehead atoms. The second-order valence-electron chi connectivity index (χ2n) is 11.2. The Kier molecular flexibility index (Phi) is 7.14. The van der Waals surface area contributed by atoms with E-state index < -0.39 is 34.6 Å². The molecular formula is C29H31F6NO3. The number of carbonyl (C=O) groups is 1. The van der Waals surface area contributed by atoms with Gasteiger partial charge in [-0.15, -0.1) is 0 Å². The number of hydrogen-bond donors (Lipinski definition) is 1. The summed E-state index contributed by atoms with van der Waals surface area (Å²) in [6, 6.07) is 7.47. The van der Waals surface area contributed by atoms with Crippen molar-refractivity contribution in [2.45, 2.75) is 81.9 Å². The van der Waals surface area contributed by atoms with E-state index in [0.717, 1.165) is 42.6 Å². The van der Waals surface area contributed by atoms with Gasteiger partial charge in [0.25, 0.3) is 0 Å². The van der Waals surface area contributed by atoms with E-state index in [0.29, 0.717) is 37.0 Å². The predicted octanol–water partition coefficient (Wildman–Crippen LogP) is 7.04. The smallest absolute Gasteiger partial charge is 0.416 e. The summed E-state index contributed by atoms with van der Waals surface area (Å²) in [6.07, 6.45) is -4.74. The molecule has 0 aromatic heterocycles. The van der Waals surface area contributed by atoms with Crippen LogP contribution in [0.5, 0.6) is 5.75 Å². The van der Waals surface area contributed by atoms with Gasteiger partial charge in [0.15, 0.2) is 0 Å². The van der Waals surface area contributed by atoms with Crippen molar-refractivity contribution in [1.29, 1.82) is 0 Å². The van der Waals surface area contributed by atoms with Crippen LogP contribution in [0.1, 0.15) is 72.8 Å². The summed E-state index contributed by atoms with van der Waals surface area (Å²) < 4.78 is 91.1. The fourth-order valence-corrected chi connectivity index (χ4v) is 6.20. The highest BCUT2D eigenvalue weighted by atomic mass is 19.4. The Morgan fingerprint density at radius 3 is 2.41 bits per heavy atom. The minimum atomic E-state index is -4.75. The first-order valence-electron chi connectivity index (χ1n) is 13.2. The van der Waals surface area contributed by atoms with Crippen molar-refractivity contribution < 1.29 is 40.6 Å². The summed E-state index contributed by atoms with van der Waals surface area (Å²) in [6.45, 7) is 1.56. The number of hydrogen-bond acceptors (Lipinski definition) is 4. The van der Waals surface area contributed by atoms with Gasteiger partial charge in [-0.1, -0.05) is 19.1 Å². The number of benzene rings is 2. The van der Waals surface area contributed by atoms with E-state index in [-0.39, 0.29) is 30.4 Å². The summed E-state index contributed by atoms with van der Waals surface area (Å²) in [5.74, 6) is 0.689. The van der Waals surface area contributed by atoms with E-state index in [1.807, 2.05) is 19.1 Å². The van der Waals surface area contributed by atoms with Crippen LogP contribution >= 0.6 is 0 Å². The molecule has 10 heteroatoms. The van der Waals surface area contributed by atoms with Crippen LogP contribution < -0.4 is 10.1 Å². The number of fused-ring (bicyclic) bond motifs is 1. The fraction of sp³-hybridized carbons (Fsp3) is 0.552. The summed E-state index contributed by atoms with van der Waals surface area (Å²) in [5, 5.41) is 3.01. The Labute approximate surface area is 223 Å². The third-order valence-corrected chi connectivity index (χ3v) is 8.45. The normalized spacial score (nSPS) is 24.4. The molecule has 2 unspecified atom stereocenters. The monoisotopic (exact) mass is 555 g/mol. The van der Waals surface area contributed by atoms with Crippen LogP contribution in [0.15, 0.2) is 36.4 Å². The van der Waals surface area contributed by atoms with Crippen LogP contribution in [0.25, 0.3) is 0 Å². The molecule has 3 aliphatic rings. The second kappa shape index (κ2) is 10.0. The van der Waals surface area contributed by atoms with Gasteiger partial charge in [-0.05, 0) is 78.5 Å². The maximum Gasteiger partial charge on any atom is 0.416 e. The zero-order chi connectivity index (χ0) is 28.2. The zero-order valence-electron chi connectivity index (χ0n) is 21.7. The number of rotatable bonds is 7. The largest absolute Gasteiger partial charge is 0.487 e. The van der Waals surface area contributed by atoms with Gasteiger partial charge >= 0.3 is 18.3 Å². The third kappa shape index (κ3) is 5.76. The Bertz CT molecular complexity index is 1230. The second-order valence-corrected chi connectivity index (χ2v) is 11.2. The molecule has 1 aliphatic heterocycles. The average Bonchev–Trinajstić information content (AvgIpc) is 3.69. The van der Waals surface area contributed by atoms with Crippen LogP contribution in [0.2, 0.25) is 0 Å². The molecule has 1 spiro atoms. The molecule has 0 amide bonds. The van der Waals surface area contributed by atoms with Crippen LogP contribution in [-0.4, -0.2) is 24.7 Å². The standard InChI is InChI=1S/C29H31F6NO3/c1-16(26(37)38-2)25(18-4-5-18)19-6-3-17-9-10-27(39-24(17)12-19)13-22(14-27)36-15-20-11-21(28(30,31)32)7-8-23(20)29(33,34)35/h3,6-8,11-12,16,18,22,25,36H,4-5,9-10,13-15H2,1-2H3. The predicted molar refractivity (Wildman–Crippen MR) is 131 cm³/mol. The Morgan fingerprint density at radius 1 is 1.08 bits per heavy atom. The molecule has 0 saturated heterocycles. The van der Waals surface area contributed by atoms with Gasteiger partial charge in [0.2, 0.25) is 0 Å². The molecule has 2 saturated carbocycles. The molecule has 2 aromatic rings. The van der Waals surface area contributed by atoms with Crippen LogP contribution in [0.4, 0.5) is 26.3 Å². The first-order valence-corrected chi connectivity index (χ1v) is 13.2. The lowest BCUT2D eigenvalue weighted by Crippen LogP contribution is -2.58. The van der Waals surface area contributed by atoms with E-state index in [1.54, 1.807) is 0 Å². The quantitative estimate of drug-likeness (QED) is 0.294. The fourth-order valence-electron chi connectivity index (χ4n) is 6.20. The summed E-state index contributed by atoms with van der Waals surface area (Å²) in [4.78, 5) is 12.3. The first kappa shape index (κ1) is 27.8. The highest BCUT2D eigenvalue weighted by Gasteiger charge is 2.49. The van der Waals surface area contributed by atoms with Crippen molar-refractivity contribution >= 4 is 5.97 Å². The lowest BCUT2D eigenvalue weighted by Gasteiger charge is -2.50. The molecule has 39 heavy (non-hydrogen) atoms. The molecule has 1 N–H and O–H groups in total. The molecule has 212 valence electrons. The van der Waals surface area contributed by atoms with Gasteiger partial charge in [0.05, 0.1) is 24.2 Å². The van der Waals surface area contributed by atoms with E-state index in [9.17, 15) is 31.1 Å². The van der Waals surface area contributed by atoms with E-state index in [4.69, 9.17) is 9.47 Å². The van der Waals surface area contributed by atoms with Crippen molar-refractivity contribution in [1.82, 2.24) is 5.32 Å². The maximum absolute atomic E-state index is 13.4. The van der Waals surface area contributed by atoms with E-state index >= 15 is 0 Å². The highest BCUT2D eigenvalue weighted by Crippen LogP contribution is 2.50. The van der Waals surface area contributed by atoms with E-state index in [1.165, 1.54) is 7.11 Å². The molecular weight excluding hydrogens is 524 g/mol. The van der Waals surface area contributed by atoms with E-state index in [2.05, 4.69) is 11.4 Å². The van der Waals surface area contributed by atoms with Gasteiger partial charge in [-0.3, -0.25) is 4.79 Å². The van der Waals surface area contributed by atoms with Gasteiger partial charge in [0.1, 0.15) is 11.4 Å². The molecule has 2 fully saturated rings. The van der Waals surface area contributed by atoms with Gasteiger partial charge < -0.3 is 14.8 Å². The maximum atomic E-state index is 13.4. The SMILES string of the molecule is COC(=O)C(C)C(c1ccc2c(c1)OC1(CC2)CC(NCc2cc(C(F)(F)F)ccc2C(F)(F)F)C1)C1CC1. The van der Waals surface area contributed by atoms with Crippen LogP contribution in [-0.2, 0) is 34.8 Å². The number of ether oxygens (including phenoxy) is 2. The molecule has 1 heterocycles. The summed E-state index contributed by atoms with van der Waals surface area (Å²) in [7, 11) is 1.39. The number of alkyl halides is 6. The number of methoxy groups -OCH3 is 1. The Hall–Kier alpha value is -2.75. The van der Waals surface area contributed by atoms with Crippen molar-refractivity contribution in [2.24, 2.45) is 11.8 Å². The molecule has 2 atom stereocenters. The van der Waals surface area contributed by atoms with Crippen molar-refractivity contribution in [3.63, 3.8) is 0 Å². The average molecular weight is 556 g/mol. The lowest BCUT2D eigenvalue weighted by atomic mass is 9.70. The van der Waals surface area contributed by atoms with Crippen LogP contribution in [0, 0.1) is 11.8 Å². The Balaban J connectivity index is 1.26. The van der Waals surface area contributed by atoms with Crippen LogP contribution in [0.3, 0.4) is 0 Å². The molecule has 5 rings (SSSR count). The summed E-state index contributed by atoms with van der Waals surface area (Å²) in [5.41, 5.74) is -0.967. The number of aryl methyl sites for hydroxylation is 1. The van der Waals surface area contributed by atoms with Crippen molar-refractivity contribution in [2.75, 3.05) is 7.11 Å². The number of halogens is 6. The van der Waals surface area contributed by atoms with Crippen molar-refractivity contribution in [3.05, 3.63) is 64.2 Å². The highest BCUT2D eigenvalue weighted by molar-refractivity contribution is 5.73. The zero-order valence-corrected chi connectivity index (χ0v) is 21.7. The topological polar surface area (TPSA) is 47.6 Å². The molecule has 2 aromatic carbocycles. The van der Waals surface area contributed by atoms with Gasteiger partial charge in [-0.2, -0.15) is 26.3 Å². The third-order valence-electron chi connectivity index (χ3n) is 8.45. The summed E-state index contributed by atoms with van der Waals surface area (Å²) >= 11 is 0. The first-order chi connectivity index (χ1) is 18.3.